The lowest BCUT2D eigenvalue weighted by Crippen LogP contribution is -2.14. The SMILES string of the molecule is COc1ccc2nc3cc(Cl)ccc3c(NCCCCN(C)C)c2c1.Cl.Cl. The molecule has 1 aromatic heterocycles. The number of nitrogens with one attached hydrogen (secondary N) is 1. The molecule has 0 amide bonds. The van der Waals surface area contributed by atoms with Crippen LogP contribution in [0.5, 0.6) is 5.75 Å². The number of halogens is 3. The lowest BCUT2D eigenvalue weighted by molar-refractivity contribution is 0.396. The number of rotatable bonds is 7. The van der Waals surface area contributed by atoms with Gasteiger partial charge in [-0.25, -0.2) is 4.98 Å². The fraction of sp³-hybridized carbons (Fsp3) is 0.350. The Morgan fingerprint density at radius 3 is 2.48 bits per heavy atom. The molecule has 0 aliphatic carbocycles. The van der Waals surface area contributed by atoms with Crippen LogP contribution in [0.4, 0.5) is 5.69 Å². The molecule has 0 spiro atoms. The number of hydrogen-bond donors (Lipinski definition) is 1. The van der Waals surface area contributed by atoms with Crippen LogP contribution in [0.25, 0.3) is 21.8 Å². The number of methoxy groups -OCH3 is 1. The van der Waals surface area contributed by atoms with Gasteiger partial charge in [-0.1, -0.05) is 11.6 Å². The third kappa shape index (κ3) is 5.76. The molecule has 4 nitrogen and oxygen atoms in total. The Labute approximate surface area is 178 Å². The van der Waals surface area contributed by atoms with Gasteiger partial charge < -0.3 is 15.0 Å². The highest BCUT2D eigenvalue weighted by Crippen LogP contribution is 2.34. The van der Waals surface area contributed by atoms with Gasteiger partial charge in [0.2, 0.25) is 0 Å². The van der Waals surface area contributed by atoms with Crippen molar-refractivity contribution in [2.75, 3.05) is 39.6 Å². The fourth-order valence-corrected chi connectivity index (χ4v) is 3.15. The Hall–Kier alpha value is -1.46. The zero-order chi connectivity index (χ0) is 17.8. The summed E-state index contributed by atoms with van der Waals surface area (Å²) < 4.78 is 5.40. The quantitative estimate of drug-likeness (QED) is 0.388. The van der Waals surface area contributed by atoms with E-state index in [9.17, 15) is 0 Å². The van der Waals surface area contributed by atoms with Crippen LogP contribution in [0.15, 0.2) is 36.4 Å². The van der Waals surface area contributed by atoms with Crippen LogP contribution >= 0.6 is 36.4 Å². The van der Waals surface area contributed by atoms with Crippen LogP contribution < -0.4 is 10.1 Å². The molecule has 0 saturated carbocycles. The Balaban J connectivity index is 0.00000182. The van der Waals surface area contributed by atoms with E-state index in [4.69, 9.17) is 21.3 Å². The number of benzene rings is 2. The maximum Gasteiger partial charge on any atom is 0.119 e. The lowest BCUT2D eigenvalue weighted by atomic mass is 10.1. The molecular formula is C20H26Cl3N3O. The van der Waals surface area contributed by atoms with Crippen molar-refractivity contribution in [3.05, 3.63) is 41.4 Å². The van der Waals surface area contributed by atoms with Crippen molar-refractivity contribution in [2.45, 2.75) is 12.8 Å². The summed E-state index contributed by atoms with van der Waals surface area (Å²) in [6.45, 7) is 2.02. The van der Waals surface area contributed by atoms with Crippen molar-refractivity contribution in [3.63, 3.8) is 0 Å². The van der Waals surface area contributed by atoms with E-state index >= 15 is 0 Å². The summed E-state index contributed by atoms with van der Waals surface area (Å²) in [4.78, 5) is 6.97. The van der Waals surface area contributed by atoms with E-state index in [0.717, 1.165) is 59.2 Å². The zero-order valence-electron chi connectivity index (χ0n) is 15.8. The second kappa shape index (κ2) is 10.8. The molecule has 0 unspecified atom stereocenters. The molecule has 7 heteroatoms. The summed E-state index contributed by atoms with van der Waals surface area (Å²) >= 11 is 6.16. The van der Waals surface area contributed by atoms with Gasteiger partial charge >= 0.3 is 0 Å². The predicted molar refractivity (Wildman–Crippen MR) is 122 cm³/mol. The maximum absolute atomic E-state index is 6.16. The zero-order valence-corrected chi connectivity index (χ0v) is 18.2. The van der Waals surface area contributed by atoms with Gasteiger partial charge in [0.05, 0.1) is 23.8 Å². The van der Waals surface area contributed by atoms with Crippen LogP contribution in [0.2, 0.25) is 5.02 Å². The van der Waals surface area contributed by atoms with E-state index in [1.165, 1.54) is 0 Å². The van der Waals surface area contributed by atoms with Crippen LogP contribution in [-0.2, 0) is 0 Å². The van der Waals surface area contributed by atoms with Crippen LogP contribution in [0, 0.1) is 0 Å². The average Bonchev–Trinajstić information content (AvgIpc) is 2.59. The van der Waals surface area contributed by atoms with Gasteiger partial charge in [-0.2, -0.15) is 0 Å². The lowest BCUT2D eigenvalue weighted by Gasteiger charge is -2.15. The largest absolute Gasteiger partial charge is 0.497 e. The highest BCUT2D eigenvalue weighted by Gasteiger charge is 2.10. The normalized spacial score (nSPS) is 10.6. The number of pyridine rings is 1. The summed E-state index contributed by atoms with van der Waals surface area (Å²) in [7, 11) is 5.89. The molecule has 1 N–H and O–H groups in total. The Morgan fingerprint density at radius 2 is 1.78 bits per heavy atom. The summed E-state index contributed by atoms with van der Waals surface area (Å²) in [5.41, 5.74) is 2.94. The first kappa shape index (κ1) is 23.6. The molecule has 1 heterocycles. The maximum atomic E-state index is 6.16. The molecule has 0 bridgehead atoms. The van der Waals surface area contributed by atoms with Crippen molar-refractivity contribution in [3.8, 4) is 5.75 Å². The van der Waals surface area contributed by atoms with E-state index in [1.807, 2.05) is 36.4 Å². The summed E-state index contributed by atoms with van der Waals surface area (Å²) in [5.74, 6) is 0.832. The minimum Gasteiger partial charge on any atom is -0.497 e. The molecule has 0 atom stereocenters. The second-order valence-electron chi connectivity index (χ2n) is 6.47. The first-order valence-electron chi connectivity index (χ1n) is 8.54. The average molecular weight is 431 g/mol. The van der Waals surface area contributed by atoms with Crippen molar-refractivity contribution in [2.24, 2.45) is 0 Å². The molecule has 148 valence electrons. The fourth-order valence-electron chi connectivity index (χ4n) is 2.98. The Morgan fingerprint density at radius 1 is 1.00 bits per heavy atom. The smallest absolute Gasteiger partial charge is 0.119 e. The van der Waals surface area contributed by atoms with Gasteiger partial charge in [-0.05, 0) is 69.9 Å². The standard InChI is InChI=1S/C20H24ClN3O.2ClH/c1-24(2)11-5-4-10-22-20-16-8-6-14(21)12-19(16)23-18-9-7-15(25-3)13-17(18)20;;/h6-9,12-13H,4-5,10-11H2,1-3H3,(H,22,23);2*1H. The number of aromatic nitrogens is 1. The minimum atomic E-state index is 0. The molecular weight excluding hydrogens is 405 g/mol. The third-order valence-electron chi connectivity index (χ3n) is 4.28. The molecule has 0 saturated heterocycles. The van der Waals surface area contributed by atoms with Gasteiger partial charge in [0, 0.05) is 22.3 Å². The molecule has 0 aliphatic heterocycles. The van der Waals surface area contributed by atoms with Gasteiger partial charge in [-0.15, -0.1) is 24.8 Å². The number of anilines is 1. The summed E-state index contributed by atoms with van der Waals surface area (Å²) in [6, 6.07) is 11.8. The molecule has 27 heavy (non-hydrogen) atoms. The molecule has 0 fully saturated rings. The number of unbranched alkanes of at least 4 members (excludes halogenated alkanes) is 1. The molecule has 3 aromatic rings. The topological polar surface area (TPSA) is 37.4 Å². The van der Waals surface area contributed by atoms with Crippen molar-refractivity contribution < 1.29 is 4.74 Å². The highest BCUT2D eigenvalue weighted by atomic mass is 35.5. The van der Waals surface area contributed by atoms with Crippen LogP contribution in [0.1, 0.15) is 12.8 Å². The van der Waals surface area contributed by atoms with Crippen molar-refractivity contribution in [1.82, 2.24) is 9.88 Å². The van der Waals surface area contributed by atoms with E-state index in [1.54, 1.807) is 7.11 Å². The summed E-state index contributed by atoms with van der Waals surface area (Å²) in [5, 5.41) is 6.47. The van der Waals surface area contributed by atoms with Crippen LogP contribution in [0.3, 0.4) is 0 Å². The minimum absolute atomic E-state index is 0. The molecule has 0 aliphatic rings. The third-order valence-corrected chi connectivity index (χ3v) is 4.51. The van der Waals surface area contributed by atoms with Crippen LogP contribution in [-0.4, -0.2) is 44.2 Å². The first-order valence-corrected chi connectivity index (χ1v) is 8.92. The van der Waals surface area contributed by atoms with Crippen molar-refractivity contribution >= 4 is 63.9 Å². The van der Waals surface area contributed by atoms with E-state index < -0.39 is 0 Å². The second-order valence-corrected chi connectivity index (χ2v) is 6.90. The Kier molecular flexibility index (Phi) is 9.40. The molecule has 2 aromatic carbocycles. The number of fused-ring (bicyclic) bond motifs is 2. The first-order chi connectivity index (χ1) is 12.1. The monoisotopic (exact) mass is 429 g/mol. The molecule has 0 radical (unpaired) electrons. The number of ether oxygens (including phenoxy) is 1. The highest BCUT2D eigenvalue weighted by molar-refractivity contribution is 6.31. The summed E-state index contributed by atoms with van der Waals surface area (Å²) in [6.07, 6.45) is 2.27. The van der Waals surface area contributed by atoms with E-state index in [-0.39, 0.29) is 24.8 Å². The van der Waals surface area contributed by atoms with Crippen molar-refractivity contribution in [1.29, 1.82) is 0 Å². The predicted octanol–water partition coefficient (Wildman–Crippen LogP) is 5.65. The van der Waals surface area contributed by atoms with Gasteiger partial charge in [-0.3, -0.25) is 0 Å². The number of hydrogen-bond acceptors (Lipinski definition) is 4. The Bertz CT molecular complexity index is 887. The van der Waals surface area contributed by atoms with E-state index in [2.05, 4.69) is 24.3 Å². The van der Waals surface area contributed by atoms with Gasteiger partial charge in [0.15, 0.2) is 0 Å². The molecule has 3 rings (SSSR count). The van der Waals surface area contributed by atoms with Gasteiger partial charge in [0.1, 0.15) is 5.75 Å². The van der Waals surface area contributed by atoms with Gasteiger partial charge in [0.25, 0.3) is 0 Å². The number of nitrogens with zero attached hydrogens (tertiary/aromatic N) is 2. The van der Waals surface area contributed by atoms with E-state index in [0.29, 0.717) is 5.02 Å².